The van der Waals surface area contributed by atoms with Crippen LogP contribution in [0.2, 0.25) is 0 Å². The molecule has 0 amide bonds. The molecule has 92 valence electrons. The summed E-state index contributed by atoms with van der Waals surface area (Å²) < 4.78 is 7.19. The molecule has 4 heteroatoms. The average Bonchev–Trinajstić information content (AvgIpc) is 2.77. The predicted octanol–water partition coefficient (Wildman–Crippen LogP) is 1.85. The fourth-order valence-corrected chi connectivity index (χ4v) is 1.84. The Hall–Kier alpha value is -1.39. The van der Waals surface area contributed by atoms with Crippen LogP contribution < -0.4 is 5.32 Å². The van der Waals surface area contributed by atoms with Gasteiger partial charge in [-0.25, -0.2) is 4.98 Å². The van der Waals surface area contributed by atoms with E-state index in [9.17, 15) is 0 Å². The first kappa shape index (κ1) is 12.1. The van der Waals surface area contributed by atoms with E-state index >= 15 is 0 Å². The average molecular weight is 233 g/mol. The van der Waals surface area contributed by atoms with Crippen LogP contribution in [0, 0.1) is 0 Å². The van der Waals surface area contributed by atoms with Crippen LogP contribution in [0.5, 0.6) is 0 Å². The number of imidazole rings is 1. The fraction of sp³-hybridized carbons (Fsp3) is 0.462. The van der Waals surface area contributed by atoms with E-state index in [2.05, 4.69) is 23.4 Å². The number of hydrogen-bond donors (Lipinski definition) is 1. The zero-order chi connectivity index (χ0) is 12.1. The summed E-state index contributed by atoms with van der Waals surface area (Å²) in [6.07, 6.45) is 5.13. The highest BCUT2D eigenvalue weighted by atomic mass is 16.5. The van der Waals surface area contributed by atoms with Gasteiger partial charge in [0, 0.05) is 32.1 Å². The number of nitrogens with zero attached hydrogens (tertiary/aromatic N) is 2. The topological polar surface area (TPSA) is 38.6 Å². The zero-order valence-corrected chi connectivity index (χ0v) is 10.4. The van der Waals surface area contributed by atoms with Crippen LogP contribution >= 0.6 is 0 Å². The monoisotopic (exact) mass is 233 g/mol. The minimum Gasteiger partial charge on any atom is -0.383 e. The molecule has 0 aromatic carbocycles. The third kappa shape index (κ3) is 3.05. The molecule has 0 aliphatic carbocycles. The van der Waals surface area contributed by atoms with Gasteiger partial charge in [0.05, 0.1) is 12.3 Å². The molecular formula is C13H19N3O. The molecule has 1 unspecified atom stereocenters. The van der Waals surface area contributed by atoms with Gasteiger partial charge >= 0.3 is 0 Å². The summed E-state index contributed by atoms with van der Waals surface area (Å²) in [6.45, 7) is 3.67. The molecule has 0 aliphatic rings. The van der Waals surface area contributed by atoms with Gasteiger partial charge in [0.15, 0.2) is 0 Å². The van der Waals surface area contributed by atoms with Crippen molar-refractivity contribution in [2.75, 3.05) is 13.7 Å². The molecule has 17 heavy (non-hydrogen) atoms. The first-order chi connectivity index (χ1) is 8.33. The van der Waals surface area contributed by atoms with Crippen LogP contribution in [0.1, 0.15) is 19.0 Å². The van der Waals surface area contributed by atoms with Crippen LogP contribution in [-0.2, 0) is 11.3 Å². The van der Waals surface area contributed by atoms with Gasteiger partial charge in [-0.2, -0.15) is 0 Å². The maximum absolute atomic E-state index is 5.15. The Morgan fingerprint density at radius 2 is 2.35 bits per heavy atom. The first-order valence-electron chi connectivity index (χ1n) is 5.98. The van der Waals surface area contributed by atoms with E-state index < -0.39 is 0 Å². The van der Waals surface area contributed by atoms with Crippen molar-refractivity contribution in [3.63, 3.8) is 0 Å². The Kier molecular flexibility index (Phi) is 4.12. The molecule has 2 aromatic heterocycles. The largest absolute Gasteiger partial charge is 0.383 e. The van der Waals surface area contributed by atoms with Gasteiger partial charge < -0.3 is 14.5 Å². The molecule has 0 radical (unpaired) electrons. The number of rotatable bonds is 6. The van der Waals surface area contributed by atoms with E-state index in [1.54, 1.807) is 7.11 Å². The highest BCUT2D eigenvalue weighted by Crippen LogP contribution is 2.04. The van der Waals surface area contributed by atoms with Crippen LogP contribution in [0.3, 0.4) is 0 Å². The second-order valence-electron chi connectivity index (χ2n) is 4.14. The Morgan fingerprint density at radius 1 is 1.47 bits per heavy atom. The number of hydrogen-bond acceptors (Lipinski definition) is 3. The maximum atomic E-state index is 5.15. The van der Waals surface area contributed by atoms with Crippen molar-refractivity contribution in [3.8, 4) is 0 Å². The van der Waals surface area contributed by atoms with E-state index in [-0.39, 0.29) is 0 Å². The second kappa shape index (κ2) is 5.80. The third-order valence-corrected chi connectivity index (χ3v) is 2.85. The van der Waals surface area contributed by atoms with E-state index in [0.717, 1.165) is 30.9 Å². The Bertz CT molecular complexity index is 433. The normalized spacial score (nSPS) is 13.1. The lowest BCUT2D eigenvalue weighted by molar-refractivity contribution is 0.163. The van der Waals surface area contributed by atoms with Crippen molar-refractivity contribution < 1.29 is 4.74 Å². The Labute approximate surface area is 102 Å². The van der Waals surface area contributed by atoms with Gasteiger partial charge in [0.1, 0.15) is 5.65 Å². The van der Waals surface area contributed by atoms with Gasteiger partial charge in [0.2, 0.25) is 0 Å². The van der Waals surface area contributed by atoms with Crippen molar-refractivity contribution in [3.05, 3.63) is 36.3 Å². The number of methoxy groups -OCH3 is 1. The van der Waals surface area contributed by atoms with Crippen LogP contribution in [0.25, 0.3) is 5.65 Å². The Morgan fingerprint density at radius 3 is 3.06 bits per heavy atom. The minimum absolute atomic E-state index is 0.393. The zero-order valence-electron chi connectivity index (χ0n) is 10.4. The number of aromatic nitrogens is 2. The van der Waals surface area contributed by atoms with Gasteiger partial charge in [-0.15, -0.1) is 0 Å². The predicted molar refractivity (Wildman–Crippen MR) is 68.0 cm³/mol. The summed E-state index contributed by atoms with van der Waals surface area (Å²) in [4.78, 5) is 4.54. The summed E-state index contributed by atoms with van der Waals surface area (Å²) in [5.41, 5.74) is 2.05. The van der Waals surface area contributed by atoms with Gasteiger partial charge in [-0.3, -0.25) is 0 Å². The van der Waals surface area contributed by atoms with Crippen LogP contribution in [0.4, 0.5) is 0 Å². The molecule has 0 saturated heterocycles. The molecule has 0 aliphatic heterocycles. The van der Waals surface area contributed by atoms with Crippen molar-refractivity contribution in [1.29, 1.82) is 0 Å². The molecule has 2 heterocycles. The minimum atomic E-state index is 0.393. The maximum Gasteiger partial charge on any atom is 0.137 e. The summed E-state index contributed by atoms with van der Waals surface area (Å²) >= 11 is 0. The highest BCUT2D eigenvalue weighted by Gasteiger charge is 2.06. The fourth-order valence-electron chi connectivity index (χ4n) is 1.84. The summed E-state index contributed by atoms with van der Waals surface area (Å²) in [5, 5.41) is 3.45. The SMILES string of the molecule is CCC(COC)NCc1cn2ccccc2n1. The van der Waals surface area contributed by atoms with Gasteiger partial charge in [-0.05, 0) is 18.6 Å². The molecule has 2 aromatic rings. The van der Waals surface area contributed by atoms with Crippen molar-refractivity contribution in [2.45, 2.75) is 25.9 Å². The van der Waals surface area contributed by atoms with E-state index in [1.807, 2.05) is 28.8 Å². The molecule has 1 atom stereocenters. The lowest BCUT2D eigenvalue weighted by Crippen LogP contribution is -2.32. The van der Waals surface area contributed by atoms with Crippen LogP contribution in [0.15, 0.2) is 30.6 Å². The number of ether oxygens (including phenoxy) is 1. The van der Waals surface area contributed by atoms with Gasteiger partial charge in [-0.1, -0.05) is 13.0 Å². The number of pyridine rings is 1. The molecule has 4 nitrogen and oxygen atoms in total. The van der Waals surface area contributed by atoms with Gasteiger partial charge in [0.25, 0.3) is 0 Å². The van der Waals surface area contributed by atoms with Crippen molar-refractivity contribution >= 4 is 5.65 Å². The summed E-state index contributed by atoms with van der Waals surface area (Å²) in [6, 6.07) is 6.41. The number of fused-ring (bicyclic) bond motifs is 1. The molecule has 2 rings (SSSR count). The number of nitrogens with one attached hydrogen (secondary N) is 1. The molecule has 0 spiro atoms. The third-order valence-electron chi connectivity index (χ3n) is 2.85. The quantitative estimate of drug-likeness (QED) is 0.827. The lowest BCUT2D eigenvalue weighted by atomic mass is 10.2. The molecule has 0 saturated carbocycles. The van der Waals surface area contributed by atoms with E-state index in [1.165, 1.54) is 0 Å². The van der Waals surface area contributed by atoms with Crippen molar-refractivity contribution in [2.24, 2.45) is 0 Å². The standard InChI is InChI=1S/C13H19N3O/c1-3-11(10-17-2)14-8-12-9-16-7-5-4-6-13(16)15-12/h4-7,9,11,14H,3,8,10H2,1-2H3. The summed E-state index contributed by atoms with van der Waals surface area (Å²) in [7, 11) is 1.73. The summed E-state index contributed by atoms with van der Waals surface area (Å²) in [5.74, 6) is 0. The van der Waals surface area contributed by atoms with E-state index in [0.29, 0.717) is 6.04 Å². The van der Waals surface area contributed by atoms with Crippen molar-refractivity contribution in [1.82, 2.24) is 14.7 Å². The molecule has 0 bridgehead atoms. The Balaban J connectivity index is 1.98. The molecule has 0 fully saturated rings. The smallest absolute Gasteiger partial charge is 0.137 e. The molecular weight excluding hydrogens is 214 g/mol. The first-order valence-corrected chi connectivity index (χ1v) is 5.98. The van der Waals surface area contributed by atoms with E-state index in [4.69, 9.17) is 4.74 Å². The lowest BCUT2D eigenvalue weighted by Gasteiger charge is -2.14. The second-order valence-corrected chi connectivity index (χ2v) is 4.14. The highest BCUT2D eigenvalue weighted by molar-refractivity contribution is 5.39. The van der Waals surface area contributed by atoms with Crippen LogP contribution in [-0.4, -0.2) is 29.1 Å². The molecule has 1 N–H and O–H groups in total.